The third-order valence-electron chi connectivity index (χ3n) is 8.83. The molecule has 0 atom stereocenters. The Morgan fingerprint density at radius 2 is 1.20 bits per heavy atom. The SMILES string of the molecule is c1ccc2c(c1)Sc1cccc3c1N2c1cccc2c1B3c1ccccc1N2c1ccc2c(c1)oc1ccccc12. The number of anilines is 6. The molecule has 5 heteroatoms. The minimum atomic E-state index is 0.153. The second kappa shape index (κ2) is 7.87. The van der Waals surface area contributed by atoms with E-state index in [0.29, 0.717) is 0 Å². The number of furan rings is 1. The third kappa shape index (κ3) is 2.81. The average Bonchev–Trinajstić information content (AvgIpc) is 3.40. The van der Waals surface area contributed by atoms with Crippen LogP contribution in [-0.4, -0.2) is 6.71 Å². The van der Waals surface area contributed by atoms with Crippen LogP contribution in [0.15, 0.2) is 142 Å². The van der Waals surface area contributed by atoms with Crippen LogP contribution in [0.5, 0.6) is 0 Å². The number of benzene rings is 6. The maximum absolute atomic E-state index is 6.34. The van der Waals surface area contributed by atoms with Crippen molar-refractivity contribution in [3.63, 3.8) is 0 Å². The Balaban J connectivity index is 1.27. The molecule has 0 spiro atoms. The van der Waals surface area contributed by atoms with Gasteiger partial charge in [0.1, 0.15) is 11.2 Å². The molecule has 1 aromatic heterocycles. The number of nitrogens with zero attached hydrogens (tertiary/aromatic N) is 2. The van der Waals surface area contributed by atoms with Crippen molar-refractivity contribution in [2.45, 2.75) is 9.79 Å². The first-order valence-corrected chi connectivity index (χ1v) is 14.8. The summed E-state index contributed by atoms with van der Waals surface area (Å²) < 4.78 is 6.34. The summed E-state index contributed by atoms with van der Waals surface area (Å²) in [5.41, 5.74) is 13.2. The van der Waals surface area contributed by atoms with E-state index in [0.717, 1.165) is 27.6 Å². The molecule has 41 heavy (non-hydrogen) atoms. The second-order valence-corrected chi connectivity index (χ2v) is 12.0. The van der Waals surface area contributed by atoms with Gasteiger partial charge in [0, 0.05) is 49.4 Å². The molecule has 10 rings (SSSR count). The molecule has 7 aromatic rings. The highest BCUT2D eigenvalue weighted by molar-refractivity contribution is 7.99. The van der Waals surface area contributed by atoms with E-state index < -0.39 is 0 Å². The van der Waals surface area contributed by atoms with Crippen LogP contribution in [0.3, 0.4) is 0 Å². The summed E-state index contributed by atoms with van der Waals surface area (Å²) in [4.78, 5) is 7.53. The Bertz CT molecular complexity index is 2240. The monoisotopic (exact) mass is 540 g/mol. The third-order valence-corrected chi connectivity index (χ3v) is 9.95. The van der Waals surface area contributed by atoms with Crippen LogP contribution < -0.4 is 26.2 Å². The van der Waals surface area contributed by atoms with Gasteiger partial charge in [-0.3, -0.25) is 0 Å². The van der Waals surface area contributed by atoms with Gasteiger partial charge in [-0.2, -0.15) is 0 Å². The van der Waals surface area contributed by atoms with Crippen LogP contribution in [-0.2, 0) is 0 Å². The highest BCUT2D eigenvalue weighted by Gasteiger charge is 2.45. The Hall–Kier alpha value is -4.87. The number of hydrogen-bond donors (Lipinski definition) is 0. The highest BCUT2D eigenvalue weighted by atomic mass is 32.2. The summed E-state index contributed by atoms with van der Waals surface area (Å²) in [5.74, 6) is 0. The predicted octanol–water partition coefficient (Wildman–Crippen LogP) is 8.13. The number of para-hydroxylation sites is 4. The summed E-state index contributed by atoms with van der Waals surface area (Å²) in [6, 6.07) is 46.2. The van der Waals surface area contributed by atoms with Crippen LogP contribution >= 0.6 is 11.8 Å². The summed E-state index contributed by atoms with van der Waals surface area (Å²) in [5, 5.41) is 2.30. The lowest BCUT2D eigenvalue weighted by atomic mass is 9.33. The molecule has 0 saturated carbocycles. The smallest absolute Gasteiger partial charge is 0.252 e. The van der Waals surface area contributed by atoms with Gasteiger partial charge in [0.25, 0.3) is 6.71 Å². The molecule has 6 aromatic carbocycles. The molecule has 3 aliphatic rings. The lowest BCUT2D eigenvalue weighted by Gasteiger charge is -2.46. The van der Waals surface area contributed by atoms with E-state index in [-0.39, 0.29) is 6.71 Å². The molecule has 0 bridgehead atoms. The Kier molecular flexibility index (Phi) is 4.20. The molecule has 0 N–H and O–H groups in total. The Morgan fingerprint density at radius 3 is 2.15 bits per heavy atom. The molecule has 0 amide bonds. The summed E-state index contributed by atoms with van der Waals surface area (Å²) in [6.07, 6.45) is 0. The van der Waals surface area contributed by atoms with Gasteiger partial charge in [-0.1, -0.05) is 78.5 Å². The zero-order valence-electron chi connectivity index (χ0n) is 21.9. The average molecular weight is 540 g/mol. The fourth-order valence-electron chi connectivity index (χ4n) is 7.21. The fraction of sp³-hybridized carbons (Fsp3) is 0. The van der Waals surface area contributed by atoms with Crippen molar-refractivity contribution in [2.75, 3.05) is 9.80 Å². The van der Waals surface area contributed by atoms with Crippen LogP contribution in [0, 0.1) is 0 Å². The van der Waals surface area contributed by atoms with Crippen molar-refractivity contribution in [1.82, 2.24) is 0 Å². The molecule has 0 unspecified atom stereocenters. The first-order chi connectivity index (χ1) is 20.3. The summed E-state index contributed by atoms with van der Waals surface area (Å²) in [6.45, 7) is 0.153. The minimum absolute atomic E-state index is 0.153. The maximum Gasteiger partial charge on any atom is 0.252 e. The number of hydrogen-bond acceptors (Lipinski definition) is 4. The normalized spacial score (nSPS) is 14.1. The topological polar surface area (TPSA) is 19.6 Å². The van der Waals surface area contributed by atoms with E-state index in [4.69, 9.17) is 4.42 Å². The quantitative estimate of drug-likeness (QED) is 0.196. The van der Waals surface area contributed by atoms with Gasteiger partial charge >= 0.3 is 0 Å². The standard InChI is InChI=1S/C36H21BN2OS/c1-5-16-31-23(9-1)24-20-19-22(21-32(24)40-31)38-27-12-3-2-10-25(27)37-26-11-7-18-34-36(26)39(28-13-4-6-17-33(28)41-34)30-15-8-14-29(38)35(30)37/h1-21H. The molecule has 3 aliphatic heterocycles. The molecule has 3 nitrogen and oxygen atoms in total. The van der Waals surface area contributed by atoms with Gasteiger partial charge < -0.3 is 14.2 Å². The van der Waals surface area contributed by atoms with Gasteiger partial charge in [-0.15, -0.1) is 0 Å². The molecule has 0 saturated heterocycles. The molecular weight excluding hydrogens is 519 g/mol. The van der Waals surface area contributed by atoms with Gasteiger partial charge in [0.15, 0.2) is 0 Å². The minimum Gasteiger partial charge on any atom is -0.456 e. The van der Waals surface area contributed by atoms with Crippen molar-refractivity contribution in [2.24, 2.45) is 0 Å². The Labute approximate surface area is 241 Å². The van der Waals surface area contributed by atoms with Crippen molar-refractivity contribution >= 4 is 90.9 Å². The molecule has 190 valence electrons. The van der Waals surface area contributed by atoms with Gasteiger partial charge in [0.2, 0.25) is 0 Å². The second-order valence-electron chi connectivity index (χ2n) is 10.9. The number of rotatable bonds is 1. The summed E-state index contributed by atoms with van der Waals surface area (Å²) >= 11 is 1.88. The maximum atomic E-state index is 6.34. The largest absolute Gasteiger partial charge is 0.456 e. The van der Waals surface area contributed by atoms with Crippen LogP contribution in [0.2, 0.25) is 0 Å². The fourth-order valence-corrected chi connectivity index (χ4v) is 8.31. The van der Waals surface area contributed by atoms with Crippen LogP contribution in [0.1, 0.15) is 0 Å². The lowest BCUT2D eigenvalue weighted by Crippen LogP contribution is -2.61. The van der Waals surface area contributed by atoms with E-state index in [9.17, 15) is 0 Å². The first-order valence-electron chi connectivity index (χ1n) is 14.0. The predicted molar refractivity (Wildman–Crippen MR) is 172 cm³/mol. The van der Waals surface area contributed by atoms with E-state index in [1.807, 2.05) is 23.9 Å². The van der Waals surface area contributed by atoms with Gasteiger partial charge in [0.05, 0.1) is 11.4 Å². The van der Waals surface area contributed by atoms with Crippen molar-refractivity contribution in [1.29, 1.82) is 0 Å². The van der Waals surface area contributed by atoms with Gasteiger partial charge in [-0.25, -0.2) is 0 Å². The van der Waals surface area contributed by atoms with Gasteiger partial charge in [-0.05, 0) is 71.0 Å². The van der Waals surface area contributed by atoms with E-state index >= 15 is 0 Å². The van der Waals surface area contributed by atoms with Crippen molar-refractivity contribution in [3.05, 3.63) is 127 Å². The lowest BCUT2D eigenvalue weighted by molar-refractivity contribution is 0.669. The molecular formula is C36H21BN2OS. The van der Waals surface area contributed by atoms with Crippen molar-refractivity contribution in [3.8, 4) is 0 Å². The highest BCUT2D eigenvalue weighted by Crippen LogP contribution is 2.53. The molecule has 0 fully saturated rings. The van der Waals surface area contributed by atoms with E-state index in [1.54, 1.807) is 0 Å². The molecule has 0 radical (unpaired) electrons. The first kappa shape index (κ1) is 21.9. The van der Waals surface area contributed by atoms with E-state index in [2.05, 4.69) is 125 Å². The number of fused-ring (bicyclic) bond motifs is 9. The van der Waals surface area contributed by atoms with Crippen LogP contribution in [0.25, 0.3) is 21.9 Å². The Morgan fingerprint density at radius 1 is 0.512 bits per heavy atom. The zero-order valence-corrected chi connectivity index (χ0v) is 22.7. The molecule has 4 heterocycles. The molecule has 0 aliphatic carbocycles. The van der Waals surface area contributed by atoms with Crippen LogP contribution in [0.4, 0.5) is 34.1 Å². The zero-order chi connectivity index (χ0) is 26.7. The van der Waals surface area contributed by atoms with E-state index in [1.165, 1.54) is 54.6 Å². The van der Waals surface area contributed by atoms with Crippen molar-refractivity contribution < 1.29 is 4.42 Å². The summed E-state index contributed by atoms with van der Waals surface area (Å²) in [7, 11) is 0.